The summed E-state index contributed by atoms with van der Waals surface area (Å²) < 4.78 is 4.97. The number of hydrogen-bond donors (Lipinski definition) is 1. The monoisotopic (exact) mass is 178 g/mol. The van der Waals surface area contributed by atoms with Gasteiger partial charge in [0.25, 0.3) is 0 Å². The second-order valence-corrected chi connectivity index (χ2v) is 2.44. The SMILES string of the molecule is O=C(O)/C=C/OCc1ccccc1. The summed E-state index contributed by atoms with van der Waals surface area (Å²) in [6.45, 7) is 0.393. The zero-order valence-electron chi connectivity index (χ0n) is 7.01. The van der Waals surface area contributed by atoms with Crippen LogP contribution in [0.5, 0.6) is 0 Å². The molecular weight excluding hydrogens is 168 g/mol. The Bertz CT molecular complexity index is 290. The van der Waals surface area contributed by atoms with Gasteiger partial charge in [0.15, 0.2) is 0 Å². The number of hydrogen-bond acceptors (Lipinski definition) is 2. The van der Waals surface area contributed by atoms with Crippen LogP contribution in [0.25, 0.3) is 0 Å². The zero-order valence-corrected chi connectivity index (χ0v) is 7.01. The molecule has 0 unspecified atom stereocenters. The van der Waals surface area contributed by atoms with E-state index in [2.05, 4.69) is 0 Å². The topological polar surface area (TPSA) is 46.5 Å². The number of rotatable bonds is 4. The lowest BCUT2D eigenvalue weighted by atomic mass is 10.2. The van der Waals surface area contributed by atoms with Gasteiger partial charge in [0.2, 0.25) is 0 Å². The third kappa shape index (κ3) is 3.96. The first-order valence-electron chi connectivity index (χ1n) is 3.84. The molecule has 3 nitrogen and oxygen atoms in total. The van der Waals surface area contributed by atoms with Gasteiger partial charge in [0.1, 0.15) is 6.61 Å². The highest BCUT2D eigenvalue weighted by atomic mass is 16.5. The normalized spacial score (nSPS) is 10.2. The van der Waals surface area contributed by atoms with Crippen molar-refractivity contribution in [2.24, 2.45) is 0 Å². The summed E-state index contributed by atoms with van der Waals surface area (Å²) in [5.41, 5.74) is 1.01. The van der Waals surface area contributed by atoms with E-state index in [4.69, 9.17) is 9.84 Å². The molecule has 1 rings (SSSR count). The predicted octanol–water partition coefficient (Wildman–Crippen LogP) is 1.80. The Morgan fingerprint density at radius 3 is 2.69 bits per heavy atom. The van der Waals surface area contributed by atoms with Gasteiger partial charge in [0.05, 0.1) is 12.3 Å². The van der Waals surface area contributed by atoms with Crippen LogP contribution in [0, 0.1) is 0 Å². The molecule has 1 aromatic rings. The van der Waals surface area contributed by atoms with Crippen LogP contribution in [0.1, 0.15) is 5.56 Å². The van der Waals surface area contributed by atoms with Crippen molar-refractivity contribution in [2.45, 2.75) is 6.61 Å². The Kier molecular flexibility index (Phi) is 3.57. The third-order valence-electron chi connectivity index (χ3n) is 1.40. The van der Waals surface area contributed by atoms with E-state index in [1.165, 1.54) is 6.26 Å². The molecule has 0 spiro atoms. The van der Waals surface area contributed by atoms with E-state index in [1.54, 1.807) is 0 Å². The average molecular weight is 178 g/mol. The van der Waals surface area contributed by atoms with Gasteiger partial charge in [-0.3, -0.25) is 0 Å². The van der Waals surface area contributed by atoms with E-state index in [9.17, 15) is 4.79 Å². The van der Waals surface area contributed by atoms with Crippen molar-refractivity contribution in [1.29, 1.82) is 0 Å². The molecule has 0 aromatic heterocycles. The van der Waals surface area contributed by atoms with Crippen LogP contribution in [0.4, 0.5) is 0 Å². The summed E-state index contributed by atoms with van der Waals surface area (Å²) in [7, 11) is 0. The molecule has 0 radical (unpaired) electrons. The van der Waals surface area contributed by atoms with Crippen LogP contribution in [0.15, 0.2) is 42.7 Å². The molecule has 0 amide bonds. The molecule has 0 saturated heterocycles. The van der Waals surface area contributed by atoms with E-state index in [0.717, 1.165) is 11.6 Å². The lowest BCUT2D eigenvalue weighted by Gasteiger charge is -1.98. The van der Waals surface area contributed by atoms with E-state index in [0.29, 0.717) is 6.61 Å². The summed E-state index contributed by atoms with van der Waals surface area (Å²) >= 11 is 0. The zero-order chi connectivity index (χ0) is 9.52. The van der Waals surface area contributed by atoms with Gasteiger partial charge in [-0.25, -0.2) is 4.79 Å². The molecule has 1 aromatic carbocycles. The first-order valence-corrected chi connectivity index (χ1v) is 3.84. The molecule has 1 N–H and O–H groups in total. The number of carboxylic acids is 1. The average Bonchev–Trinajstić information content (AvgIpc) is 2.14. The van der Waals surface area contributed by atoms with E-state index < -0.39 is 5.97 Å². The lowest BCUT2D eigenvalue weighted by molar-refractivity contribution is -0.131. The Balaban J connectivity index is 2.32. The highest BCUT2D eigenvalue weighted by Gasteiger charge is 1.89. The predicted molar refractivity (Wildman–Crippen MR) is 48.0 cm³/mol. The maximum atomic E-state index is 10.0. The van der Waals surface area contributed by atoms with Crippen LogP contribution in [-0.2, 0) is 16.1 Å². The van der Waals surface area contributed by atoms with Crippen molar-refractivity contribution >= 4 is 5.97 Å². The highest BCUT2D eigenvalue weighted by molar-refractivity contribution is 5.79. The number of ether oxygens (including phenoxy) is 1. The molecule has 0 bridgehead atoms. The van der Waals surface area contributed by atoms with E-state index in [1.807, 2.05) is 30.3 Å². The minimum absolute atomic E-state index is 0.393. The van der Waals surface area contributed by atoms with Gasteiger partial charge in [0, 0.05) is 0 Å². The fourth-order valence-electron chi connectivity index (χ4n) is 0.825. The first-order chi connectivity index (χ1) is 6.29. The van der Waals surface area contributed by atoms with Crippen molar-refractivity contribution in [3.63, 3.8) is 0 Å². The molecule has 0 atom stereocenters. The Labute approximate surface area is 76.3 Å². The number of carboxylic acid groups (broad SMARTS) is 1. The molecule has 0 aliphatic heterocycles. The van der Waals surface area contributed by atoms with Crippen LogP contribution in [0.3, 0.4) is 0 Å². The minimum Gasteiger partial charge on any atom is -0.496 e. The summed E-state index contributed by atoms with van der Waals surface area (Å²) in [5, 5.41) is 8.24. The summed E-state index contributed by atoms with van der Waals surface area (Å²) in [5.74, 6) is -1.01. The number of carbonyl (C=O) groups is 1. The largest absolute Gasteiger partial charge is 0.496 e. The van der Waals surface area contributed by atoms with Crippen molar-refractivity contribution in [1.82, 2.24) is 0 Å². The van der Waals surface area contributed by atoms with Crippen molar-refractivity contribution in [3.8, 4) is 0 Å². The van der Waals surface area contributed by atoms with Crippen molar-refractivity contribution in [3.05, 3.63) is 48.2 Å². The fraction of sp³-hybridized carbons (Fsp3) is 0.100. The number of aliphatic carboxylic acids is 1. The molecule has 0 saturated carbocycles. The van der Waals surface area contributed by atoms with Crippen LogP contribution < -0.4 is 0 Å². The molecule has 3 heteroatoms. The summed E-state index contributed by atoms with van der Waals surface area (Å²) in [4.78, 5) is 10.0. The first kappa shape index (κ1) is 9.32. The third-order valence-corrected chi connectivity index (χ3v) is 1.40. The second kappa shape index (κ2) is 4.98. The van der Waals surface area contributed by atoms with Crippen molar-refractivity contribution in [2.75, 3.05) is 0 Å². The van der Waals surface area contributed by atoms with Crippen LogP contribution >= 0.6 is 0 Å². The molecule has 68 valence electrons. The standard InChI is InChI=1S/C10H10O3/c11-10(12)6-7-13-8-9-4-2-1-3-5-9/h1-7H,8H2,(H,11,12)/b7-6+. The van der Waals surface area contributed by atoms with Gasteiger partial charge in [-0.15, -0.1) is 0 Å². The Hall–Kier alpha value is -1.77. The van der Waals surface area contributed by atoms with Gasteiger partial charge in [-0.2, -0.15) is 0 Å². The smallest absolute Gasteiger partial charge is 0.331 e. The maximum Gasteiger partial charge on any atom is 0.331 e. The minimum atomic E-state index is -1.01. The molecule has 0 aliphatic rings. The summed E-state index contributed by atoms with van der Waals surface area (Å²) in [6, 6.07) is 9.54. The molecule has 13 heavy (non-hydrogen) atoms. The Morgan fingerprint density at radius 1 is 1.38 bits per heavy atom. The van der Waals surface area contributed by atoms with Gasteiger partial charge >= 0.3 is 5.97 Å². The Morgan fingerprint density at radius 2 is 2.08 bits per heavy atom. The quantitative estimate of drug-likeness (QED) is 0.565. The number of benzene rings is 1. The molecule has 0 fully saturated rings. The molecule has 0 aliphatic carbocycles. The molecule has 0 heterocycles. The lowest BCUT2D eigenvalue weighted by Crippen LogP contribution is -1.89. The summed E-state index contributed by atoms with van der Waals surface area (Å²) in [6.07, 6.45) is 2.14. The highest BCUT2D eigenvalue weighted by Crippen LogP contribution is 2.00. The van der Waals surface area contributed by atoms with Gasteiger partial charge < -0.3 is 9.84 Å². The van der Waals surface area contributed by atoms with Crippen LogP contribution in [0.2, 0.25) is 0 Å². The molecular formula is C10H10O3. The fourth-order valence-corrected chi connectivity index (χ4v) is 0.825. The maximum absolute atomic E-state index is 10.0. The van der Waals surface area contributed by atoms with E-state index in [-0.39, 0.29) is 0 Å². The van der Waals surface area contributed by atoms with Gasteiger partial charge in [-0.05, 0) is 5.56 Å². The van der Waals surface area contributed by atoms with E-state index >= 15 is 0 Å². The van der Waals surface area contributed by atoms with Crippen molar-refractivity contribution < 1.29 is 14.6 Å². The second-order valence-electron chi connectivity index (χ2n) is 2.44. The van der Waals surface area contributed by atoms with Gasteiger partial charge in [-0.1, -0.05) is 30.3 Å². The van der Waals surface area contributed by atoms with Crippen LogP contribution in [-0.4, -0.2) is 11.1 Å².